The van der Waals surface area contributed by atoms with Crippen LogP contribution in [0.3, 0.4) is 0 Å². The van der Waals surface area contributed by atoms with Crippen molar-refractivity contribution in [2.24, 2.45) is 47.3 Å². The van der Waals surface area contributed by atoms with Crippen molar-refractivity contribution in [3.8, 4) is 0 Å². The molecule has 0 radical (unpaired) electrons. The number of hydrogen-bond donors (Lipinski definition) is 0. The van der Waals surface area contributed by atoms with Crippen molar-refractivity contribution in [2.45, 2.75) is 61.5 Å². The SMILES string of the molecule is C[C@@H]1[C@H](C)[C@H]2C[C@H]1[C@@H]1SC(=C3S[C@@H]4[C@H]5C[C@@H]([C@H](C)[C@@H]5C)[C@@H]4S3)S[C@@H]21. The van der Waals surface area contributed by atoms with Crippen LogP contribution >= 0.6 is 47.0 Å². The average molecular weight is 397 g/mol. The van der Waals surface area contributed by atoms with Gasteiger partial charge in [0.15, 0.2) is 0 Å². The molecular weight excluding hydrogens is 368 g/mol. The quantitative estimate of drug-likeness (QED) is 0.465. The highest BCUT2D eigenvalue weighted by Crippen LogP contribution is 2.72. The van der Waals surface area contributed by atoms with Crippen molar-refractivity contribution in [3.05, 3.63) is 8.47 Å². The van der Waals surface area contributed by atoms with E-state index in [0.29, 0.717) is 0 Å². The number of thioether (sulfide) groups is 4. The highest BCUT2D eigenvalue weighted by molar-refractivity contribution is 8.31. The molecule has 4 heteroatoms. The molecule has 24 heavy (non-hydrogen) atoms. The lowest BCUT2D eigenvalue weighted by Crippen LogP contribution is -2.33. The van der Waals surface area contributed by atoms with E-state index >= 15 is 0 Å². The van der Waals surface area contributed by atoms with E-state index in [1.54, 1.807) is 8.47 Å². The minimum atomic E-state index is 0.949. The fourth-order valence-corrected chi connectivity index (χ4v) is 15.6. The van der Waals surface area contributed by atoms with Crippen LogP contribution in [0, 0.1) is 47.3 Å². The van der Waals surface area contributed by atoms with Crippen LogP contribution in [-0.2, 0) is 0 Å². The van der Waals surface area contributed by atoms with Crippen molar-refractivity contribution in [1.29, 1.82) is 0 Å². The van der Waals surface area contributed by atoms with Gasteiger partial charge in [0.05, 0.1) is 8.47 Å². The Hall–Kier alpha value is 1.14. The summed E-state index contributed by atoms with van der Waals surface area (Å²) in [7, 11) is 0. The summed E-state index contributed by atoms with van der Waals surface area (Å²) in [5.74, 6) is 7.92. The van der Waals surface area contributed by atoms with Crippen LogP contribution in [0.25, 0.3) is 0 Å². The summed E-state index contributed by atoms with van der Waals surface area (Å²) in [4.78, 5) is 0. The van der Waals surface area contributed by atoms with Crippen molar-refractivity contribution in [2.75, 3.05) is 0 Å². The second kappa shape index (κ2) is 5.35. The van der Waals surface area contributed by atoms with Gasteiger partial charge in [0.2, 0.25) is 0 Å². The van der Waals surface area contributed by atoms with E-state index in [2.05, 4.69) is 74.7 Å². The molecule has 4 saturated carbocycles. The highest BCUT2D eigenvalue weighted by Gasteiger charge is 2.61. The summed E-state index contributed by atoms with van der Waals surface area (Å²) in [5, 5.41) is 3.80. The molecule has 4 aliphatic carbocycles. The monoisotopic (exact) mass is 396 g/mol. The first kappa shape index (κ1) is 16.1. The van der Waals surface area contributed by atoms with E-state index in [4.69, 9.17) is 0 Å². The van der Waals surface area contributed by atoms with Crippen molar-refractivity contribution >= 4 is 47.0 Å². The molecular formula is C20H28S4. The Morgan fingerprint density at radius 3 is 1.00 bits per heavy atom. The molecule has 6 fully saturated rings. The second-order valence-corrected chi connectivity index (χ2v) is 14.7. The minimum Gasteiger partial charge on any atom is -0.113 e. The molecule has 132 valence electrons. The highest BCUT2D eigenvalue weighted by atomic mass is 32.2. The molecule has 0 aromatic carbocycles. The molecule has 0 amide bonds. The van der Waals surface area contributed by atoms with Gasteiger partial charge >= 0.3 is 0 Å². The Labute approximate surface area is 163 Å². The zero-order chi connectivity index (χ0) is 16.3. The fraction of sp³-hybridized carbons (Fsp3) is 0.900. The average Bonchev–Trinajstić information content (AvgIpc) is 3.30. The van der Waals surface area contributed by atoms with E-state index in [1.165, 1.54) is 12.8 Å². The minimum absolute atomic E-state index is 0.949. The van der Waals surface area contributed by atoms with Crippen molar-refractivity contribution in [3.63, 3.8) is 0 Å². The third kappa shape index (κ3) is 1.91. The summed E-state index contributed by atoms with van der Waals surface area (Å²) in [6, 6.07) is 0. The summed E-state index contributed by atoms with van der Waals surface area (Å²) < 4.78 is 3.51. The molecule has 0 spiro atoms. The molecule has 2 saturated heterocycles. The fourth-order valence-electron chi connectivity index (χ4n) is 7.11. The predicted molar refractivity (Wildman–Crippen MR) is 112 cm³/mol. The molecule has 4 bridgehead atoms. The van der Waals surface area contributed by atoms with Crippen LogP contribution in [-0.4, -0.2) is 21.0 Å². The van der Waals surface area contributed by atoms with Gasteiger partial charge in [-0.15, -0.1) is 47.0 Å². The topological polar surface area (TPSA) is 0 Å². The molecule has 0 nitrogen and oxygen atoms in total. The van der Waals surface area contributed by atoms with Gasteiger partial charge in [-0.2, -0.15) is 0 Å². The second-order valence-electron chi connectivity index (χ2n) is 9.47. The van der Waals surface area contributed by atoms with E-state index < -0.39 is 0 Å². The molecule has 2 aliphatic heterocycles. The number of hydrogen-bond acceptors (Lipinski definition) is 4. The van der Waals surface area contributed by atoms with E-state index in [1.807, 2.05) is 0 Å². The lowest BCUT2D eigenvalue weighted by atomic mass is 9.81. The Balaban J connectivity index is 1.26. The zero-order valence-electron chi connectivity index (χ0n) is 15.0. The van der Waals surface area contributed by atoms with Gasteiger partial charge < -0.3 is 0 Å². The van der Waals surface area contributed by atoms with Gasteiger partial charge in [0, 0.05) is 21.0 Å². The van der Waals surface area contributed by atoms with E-state index in [9.17, 15) is 0 Å². The third-order valence-corrected chi connectivity index (χ3v) is 16.3. The largest absolute Gasteiger partial charge is 0.113 e. The Morgan fingerprint density at radius 1 is 0.500 bits per heavy atom. The van der Waals surface area contributed by atoms with Crippen molar-refractivity contribution in [1.82, 2.24) is 0 Å². The predicted octanol–water partition coefficient (Wildman–Crippen LogP) is 6.39. The van der Waals surface area contributed by atoms with Crippen molar-refractivity contribution < 1.29 is 0 Å². The summed E-state index contributed by atoms with van der Waals surface area (Å²) in [6.45, 7) is 10.1. The molecule has 0 N–H and O–H groups in total. The summed E-state index contributed by atoms with van der Waals surface area (Å²) in [5.41, 5.74) is 0. The summed E-state index contributed by atoms with van der Waals surface area (Å²) in [6.07, 6.45) is 3.07. The van der Waals surface area contributed by atoms with Crippen LogP contribution in [0.15, 0.2) is 8.47 Å². The normalized spacial score (nSPS) is 66.5. The van der Waals surface area contributed by atoms with Gasteiger partial charge in [0.1, 0.15) is 0 Å². The van der Waals surface area contributed by atoms with Gasteiger partial charge in [-0.25, -0.2) is 0 Å². The van der Waals surface area contributed by atoms with Crippen LogP contribution in [0.2, 0.25) is 0 Å². The first-order chi connectivity index (χ1) is 11.5. The molecule has 0 aromatic heterocycles. The molecule has 0 aromatic rings. The number of rotatable bonds is 0. The van der Waals surface area contributed by atoms with Gasteiger partial charge in [-0.1, -0.05) is 27.7 Å². The van der Waals surface area contributed by atoms with Crippen LogP contribution < -0.4 is 0 Å². The maximum atomic E-state index is 2.53. The molecule has 12 atom stereocenters. The number of fused-ring (bicyclic) bond motifs is 10. The lowest BCUT2D eigenvalue weighted by molar-refractivity contribution is 0.274. The molecule has 6 rings (SSSR count). The zero-order valence-corrected chi connectivity index (χ0v) is 18.2. The van der Waals surface area contributed by atoms with Crippen LogP contribution in [0.1, 0.15) is 40.5 Å². The molecule has 2 heterocycles. The Bertz CT molecular complexity index is 515. The first-order valence-electron chi connectivity index (χ1n) is 9.95. The third-order valence-electron chi connectivity index (χ3n) is 8.92. The molecule has 0 unspecified atom stereocenters. The lowest BCUT2D eigenvalue weighted by Gasteiger charge is -2.32. The van der Waals surface area contributed by atoms with Gasteiger partial charge in [-0.05, 0) is 60.2 Å². The smallest absolute Gasteiger partial charge is 0.0609 e. The van der Waals surface area contributed by atoms with Crippen LogP contribution in [0.4, 0.5) is 0 Å². The van der Waals surface area contributed by atoms with Crippen LogP contribution in [0.5, 0.6) is 0 Å². The van der Waals surface area contributed by atoms with Gasteiger partial charge in [-0.3, -0.25) is 0 Å². The first-order valence-corrected chi connectivity index (χ1v) is 13.5. The molecule has 6 aliphatic rings. The maximum absolute atomic E-state index is 2.53. The Kier molecular flexibility index (Phi) is 3.60. The maximum Gasteiger partial charge on any atom is 0.0609 e. The van der Waals surface area contributed by atoms with E-state index in [-0.39, 0.29) is 0 Å². The van der Waals surface area contributed by atoms with E-state index in [0.717, 1.165) is 68.3 Å². The standard InChI is InChI=1S/C20H28S4/c1-7-8(2)12-5-11(7)15-16(12)22-19(21-15)20-23-17-13-6-14(18(17)24-20)10(4)9(13)3/h7-18H,5-6H2,1-4H3/t7-,8+,9-,10+,11-,12-,13+,14+,15+,16-,17-,18-/m0/s1. The van der Waals surface area contributed by atoms with Gasteiger partial charge in [0.25, 0.3) is 0 Å². The Morgan fingerprint density at radius 2 is 0.750 bits per heavy atom. The summed E-state index contributed by atoms with van der Waals surface area (Å²) >= 11 is 9.25.